The predicted octanol–water partition coefficient (Wildman–Crippen LogP) is 0.772. The van der Waals surface area contributed by atoms with Crippen LogP contribution in [0.3, 0.4) is 0 Å². The van der Waals surface area contributed by atoms with Gasteiger partial charge in [0.25, 0.3) is 11.5 Å². The lowest BCUT2D eigenvalue weighted by atomic mass is 10.2. The molecule has 26 heavy (non-hydrogen) atoms. The van der Waals surface area contributed by atoms with Gasteiger partial charge in [-0.15, -0.1) is 0 Å². The van der Waals surface area contributed by atoms with Crippen LogP contribution in [0.2, 0.25) is 0 Å². The molecule has 9 heteroatoms. The number of carbonyl (C=O) groups excluding carboxylic acids is 1. The lowest BCUT2D eigenvalue weighted by molar-refractivity contribution is 0.0954. The fraction of sp³-hybridized carbons (Fsp3) is 0.176. The molecule has 0 aliphatic carbocycles. The molecule has 0 atom stereocenters. The maximum absolute atomic E-state index is 12.1. The van der Waals surface area contributed by atoms with Crippen molar-refractivity contribution >= 4 is 11.9 Å². The molecule has 3 aromatic rings. The summed E-state index contributed by atoms with van der Waals surface area (Å²) in [4.78, 5) is 42.6. The monoisotopic (exact) mass is 351 g/mol. The van der Waals surface area contributed by atoms with E-state index in [2.05, 4.69) is 35.6 Å². The van der Waals surface area contributed by atoms with Crippen LogP contribution in [-0.2, 0) is 0 Å². The molecule has 0 saturated carbocycles. The first kappa shape index (κ1) is 17.2. The van der Waals surface area contributed by atoms with E-state index in [0.717, 1.165) is 5.56 Å². The average Bonchev–Trinajstić information content (AvgIpc) is 2.65. The SMILES string of the molecule is Cc1cc(=O)[nH]c(NCCNC(=O)c2cnc(-c3cccnc3)nc2)n1. The summed E-state index contributed by atoms with van der Waals surface area (Å²) >= 11 is 0. The van der Waals surface area contributed by atoms with Crippen molar-refractivity contribution in [3.8, 4) is 11.4 Å². The van der Waals surface area contributed by atoms with Gasteiger partial charge in [-0.3, -0.25) is 19.6 Å². The lowest BCUT2D eigenvalue weighted by Crippen LogP contribution is -2.29. The van der Waals surface area contributed by atoms with Crippen LogP contribution >= 0.6 is 0 Å². The van der Waals surface area contributed by atoms with Crippen molar-refractivity contribution in [3.63, 3.8) is 0 Å². The molecule has 132 valence electrons. The largest absolute Gasteiger partial charge is 0.354 e. The molecule has 0 unspecified atom stereocenters. The van der Waals surface area contributed by atoms with E-state index in [4.69, 9.17) is 0 Å². The van der Waals surface area contributed by atoms with Crippen molar-refractivity contribution < 1.29 is 4.79 Å². The second-order valence-electron chi connectivity index (χ2n) is 5.46. The Morgan fingerprint density at radius 1 is 1.19 bits per heavy atom. The molecule has 3 rings (SSSR count). The molecule has 0 spiro atoms. The minimum absolute atomic E-state index is 0.227. The molecular formula is C17H17N7O2. The highest BCUT2D eigenvalue weighted by atomic mass is 16.1. The number of hydrogen-bond donors (Lipinski definition) is 3. The molecule has 0 aliphatic rings. The highest BCUT2D eigenvalue weighted by Crippen LogP contribution is 2.11. The van der Waals surface area contributed by atoms with Gasteiger partial charge in [0.2, 0.25) is 5.95 Å². The zero-order valence-electron chi connectivity index (χ0n) is 14.1. The number of anilines is 1. The maximum Gasteiger partial charge on any atom is 0.254 e. The van der Waals surface area contributed by atoms with Crippen molar-refractivity contribution in [2.24, 2.45) is 0 Å². The number of aryl methyl sites for hydroxylation is 1. The Bertz CT molecular complexity index is 939. The molecule has 1 amide bonds. The van der Waals surface area contributed by atoms with Gasteiger partial charge in [-0.1, -0.05) is 0 Å². The van der Waals surface area contributed by atoms with Crippen LogP contribution in [0.1, 0.15) is 16.1 Å². The first-order valence-corrected chi connectivity index (χ1v) is 7.94. The first-order valence-electron chi connectivity index (χ1n) is 7.94. The highest BCUT2D eigenvalue weighted by Gasteiger charge is 2.08. The Morgan fingerprint density at radius 2 is 2.00 bits per heavy atom. The van der Waals surface area contributed by atoms with E-state index < -0.39 is 0 Å². The number of nitrogens with zero attached hydrogens (tertiary/aromatic N) is 4. The van der Waals surface area contributed by atoms with Crippen LogP contribution in [0, 0.1) is 6.92 Å². The summed E-state index contributed by atoms with van der Waals surface area (Å²) in [6.45, 7) is 2.49. The van der Waals surface area contributed by atoms with Gasteiger partial charge in [-0.05, 0) is 19.1 Å². The highest BCUT2D eigenvalue weighted by molar-refractivity contribution is 5.93. The molecule has 0 radical (unpaired) electrons. The zero-order valence-corrected chi connectivity index (χ0v) is 14.1. The van der Waals surface area contributed by atoms with Gasteiger partial charge in [-0.25, -0.2) is 15.0 Å². The molecule has 0 aliphatic heterocycles. The van der Waals surface area contributed by atoms with E-state index >= 15 is 0 Å². The minimum Gasteiger partial charge on any atom is -0.354 e. The number of carbonyl (C=O) groups is 1. The van der Waals surface area contributed by atoms with Crippen molar-refractivity contribution in [1.29, 1.82) is 0 Å². The number of aromatic amines is 1. The number of rotatable bonds is 6. The third-order valence-electron chi connectivity index (χ3n) is 3.41. The van der Waals surface area contributed by atoms with E-state index in [1.54, 1.807) is 25.4 Å². The molecule has 0 fully saturated rings. The number of hydrogen-bond acceptors (Lipinski definition) is 7. The first-order chi connectivity index (χ1) is 12.6. The molecule has 0 bridgehead atoms. The summed E-state index contributed by atoms with van der Waals surface area (Å²) in [7, 11) is 0. The summed E-state index contributed by atoms with van der Waals surface area (Å²) in [5.41, 5.74) is 1.53. The van der Waals surface area contributed by atoms with Crippen molar-refractivity contribution in [2.45, 2.75) is 6.92 Å². The van der Waals surface area contributed by atoms with Crippen molar-refractivity contribution in [2.75, 3.05) is 18.4 Å². The maximum atomic E-state index is 12.1. The van der Waals surface area contributed by atoms with Crippen molar-refractivity contribution in [1.82, 2.24) is 30.2 Å². The van der Waals surface area contributed by atoms with Crippen LogP contribution in [0.4, 0.5) is 5.95 Å². The second kappa shape index (κ2) is 7.97. The molecule has 9 nitrogen and oxygen atoms in total. The second-order valence-corrected chi connectivity index (χ2v) is 5.46. The zero-order chi connectivity index (χ0) is 18.4. The van der Waals surface area contributed by atoms with Gasteiger partial charge in [0.1, 0.15) is 0 Å². The van der Waals surface area contributed by atoms with Gasteiger partial charge < -0.3 is 10.6 Å². The smallest absolute Gasteiger partial charge is 0.254 e. The van der Waals surface area contributed by atoms with Crippen molar-refractivity contribution in [3.05, 3.63) is 64.6 Å². The van der Waals surface area contributed by atoms with E-state index in [1.165, 1.54) is 18.5 Å². The predicted molar refractivity (Wildman–Crippen MR) is 95.7 cm³/mol. The Hall–Kier alpha value is -3.62. The third-order valence-corrected chi connectivity index (χ3v) is 3.41. The van der Waals surface area contributed by atoms with Gasteiger partial charge >= 0.3 is 0 Å². The topological polar surface area (TPSA) is 126 Å². The van der Waals surface area contributed by atoms with E-state index in [-0.39, 0.29) is 11.5 Å². The molecule has 3 aromatic heterocycles. The minimum atomic E-state index is -0.282. The lowest BCUT2D eigenvalue weighted by Gasteiger charge is -2.07. The van der Waals surface area contributed by atoms with E-state index in [9.17, 15) is 9.59 Å². The summed E-state index contributed by atoms with van der Waals surface area (Å²) in [6, 6.07) is 5.04. The Labute approximate surface area is 149 Å². The van der Waals surface area contributed by atoms with Gasteiger partial charge in [-0.2, -0.15) is 0 Å². The van der Waals surface area contributed by atoms with Gasteiger partial charge in [0.15, 0.2) is 5.82 Å². The van der Waals surface area contributed by atoms with E-state index in [1.807, 2.05) is 6.07 Å². The fourth-order valence-electron chi connectivity index (χ4n) is 2.21. The number of H-pyrrole nitrogens is 1. The molecular weight excluding hydrogens is 334 g/mol. The van der Waals surface area contributed by atoms with Crippen LogP contribution in [0.15, 0.2) is 47.8 Å². The molecule has 3 heterocycles. The summed E-state index contributed by atoms with van der Waals surface area (Å²) in [5.74, 6) is 0.592. The van der Waals surface area contributed by atoms with E-state index in [0.29, 0.717) is 36.1 Å². The Morgan fingerprint density at radius 3 is 2.69 bits per heavy atom. The number of amides is 1. The summed E-state index contributed by atoms with van der Waals surface area (Å²) in [5, 5.41) is 5.69. The number of nitrogens with one attached hydrogen (secondary N) is 3. The fourth-order valence-corrected chi connectivity index (χ4v) is 2.21. The molecule has 0 saturated heterocycles. The summed E-state index contributed by atoms with van der Waals surface area (Å²) in [6.07, 6.45) is 6.26. The average molecular weight is 351 g/mol. The van der Waals surface area contributed by atoms with Crippen LogP contribution in [0.5, 0.6) is 0 Å². The third kappa shape index (κ3) is 4.47. The standard InChI is InChI=1S/C17H17N7O2/c1-11-7-14(25)24-17(23-11)20-6-5-19-16(26)13-9-21-15(22-10-13)12-3-2-4-18-8-12/h2-4,7-10H,5-6H2,1H3,(H,19,26)(H2,20,23,24,25). The molecule has 3 N–H and O–H groups in total. The van der Waals surface area contributed by atoms with Gasteiger partial charge in [0, 0.05) is 55.2 Å². The van der Waals surface area contributed by atoms with Crippen LogP contribution < -0.4 is 16.2 Å². The number of aromatic nitrogens is 5. The number of pyridine rings is 1. The Kier molecular flexibility index (Phi) is 5.28. The van der Waals surface area contributed by atoms with Crippen LogP contribution in [-0.4, -0.2) is 43.9 Å². The van der Waals surface area contributed by atoms with Gasteiger partial charge in [0.05, 0.1) is 5.56 Å². The Balaban J connectivity index is 1.51. The molecule has 0 aromatic carbocycles. The quantitative estimate of drug-likeness (QED) is 0.560. The summed E-state index contributed by atoms with van der Waals surface area (Å²) < 4.78 is 0. The normalized spacial score (nSPS) is 10.3. The van der Waals surface area contributed by atoms with Crippen LogP contribution in [0.25, 0.3) is 11.4 Å².